The van der Waals surface area contributed by atoms with E-state index in [0.29, 0.717) is 38.0 Å². The lowest BCUT2D eigenvalue weighted by Crippen LogP contribution is -2.51. The van der Waals surface area contributed by atoms with Crippen molar-refractivity contribution in [1.29, 1.82) is 0 Å². The molecule has 0 aromatic carbocycles. The molecule has 0 N–H and O–H groups in total. The minimum absolute atomic E-state index is 0.137. The van der Waals surface area contributed by atoms with Gasteiger partial charge in [0.15, 0.2) is 0 Å². The Kier molecular flexibility index (Phi) is 4.99. The van der Waals surface area contributed by atoms with E-state index < -0.39 is 0 Å². The monoisotopic (exact) mass is 358 g/mol. The molecule has 0 unspecified atom stereocenters. The first-order valence-electron chi connectivity index (χ1n) is 8.75. The number of hydrogen-bond donors (Lipinski definition) is 0. The highest BCUT2D eigenvalue weighted by molar-refractivity contribution is 7.08. The number of fused-ring (bicyclic) bond motifs is 1. The van der Waals surface area contributed by atoms with Gasteiger partial charge in [0, 0.05) is 18.8 Å². The molecule has 0 radical (unpaired) electrons. The normalized spacial score (nSPS) is 25.6. The number of carbonyl (C=O) groups is 1. The van der Waals surface area contributed by atoms with Crippen molar-refractivity contribution in [2.24, 2.45) is 5.92 Å². The van der Waals surface area contributed by atoms with Crippen LogP contribution in [0.25, 0.3) is 0 Å². The molecule has 3 heterocycles. The topological polar surface area (TPSA) is 51.7 Å². The van der Waals surface area contributed by atoms with E-state index in [0.717, 1.165) is 18.4 Å². The number of carbonyl (C=O) groups excluding carboxylic acids is 1. The molecule has 2 aliphatic rings. The van der Waals surface area contributed by atoms with Gasteiger partial charge in [0.1, 0.15) is 0 Å². The number of ether oxygens (including phenoxy) is 2. The summed E-state index contributed by atoms with van der Waals surface area (Å²) in [6.07, 6.45) is 4.24. The first-order valence-corrected chi connectivity index (χ1v) is 9.70. The number of thiophene rings is 1. The number of pyridine rings is 1. The fraction of sp³-hybridized carbons (Fsp3) is 0.474. The van der Waals surface area contributed by atoms with E-state index in [1.54, 1.807) is 17.5 Å². The molecule has 2 aromatic heterocycles. The Morgan fingerprint density at radius 3 is 3.12 bits per heavy atom. The predicted octanol–water partition coefficient (Wildman–Crippen LogP) is 2.77. The Labute approximate surface area is 151 Å². The molecular formula is C19H22N2O3S. The highest BCUT2D eigenvalue weighted by atomic mass is 32.1. The zero-order valence-electron chi connectivity index (χ0n) is 14.0. The van der Waals surface area contributed by atoms with Gasteiger partial charge in [0.05, 0.1) is 31.8 Å². The van der Waals surface area contributed by atoms with Crippen LogP contribution in [0.2, 0.25) is 0 Å². The molecule has 6 heteroatoms. The Bertz CT molecular complexity index is 692. The first kappa shape index (κ1) is 16.5. The quantitative estimate of drug-likeness (QED) is 0.825. The van der Waals surface area contributed by atoms with Gasteiger partial charge in [-0.15, -0.1) is 0 Å². The summed E-state index contributed by atoms with van der Waals surface area (Å²) >= 11 is 1.63. The molecule has 2 fully saturated rings. The average Bonchev–Trinajstić information content (AvgIpc) is 3.29. The molecule has 132 valence electrons. The number of rotatable bonds is 5. The fourth-order valence-corrected chi connectivity index (χ4v) is 4.47. The van der Waals surface area contributed by atoms with E-state index in [1.807, 2.05) is 39.9 Å². The average molecular weight is 358 g/mol. The zero-order valence-corrected chi connectivity index (χ0v) is 14.9. The molecule has 1 aliphatic heterocycles. The van der Waals surface area contributed by atoms with E-state index >= 15 is 0 Å². The van der Waals surface area contributed by atoms with Gasteiger partial charge in [0.25, 0.3) is 0 Å². The van der Waals surface area contributed by atoms with Crippen LogP contribution in [0.4, 0.5) is 0 Å². The van der Waals surface area contributed by atoms with Gasteiger partial charge >= 0.3 is 0 Å². The van der Waals surface area contributed by atoms with Gasteiger partial charge < -0.3 is 14.4 Å². The molecule has 3 atom stereocenters. The summed E-state index contributed by atoms with van der Waals surface area (Å²) in [6.45, 7) is 1.95. The Hall–Kier alpha value is -1.92. The summed E-state index contributed by atoms with van der Waals surface area (Å²) in [4.78, 5) is 19.0. The summed E-state index contributed by atoms with van der Waals surface area (Å²) in [5, 5.41) is 4.07. The van der Waals surface area contributed by atoms with Crippen LogP contribution < -0.4 is 4.74 Å². The Morgan fingerprint density at radius 1 is 1.36 bits per heavy atom. The van der Waals surface area contributed by atoms with E-state index in [1.165, 1.54) is 0 Å². The lowest BCUT2D eigenvalue weighted by molar-refractivity contribution is -0.143. The second-order valence-electron chi connectivity index (χ2n) is 6.69. The largest absolute Gasteiger partial charge is 0.477 e. The van der Waals surface area contributed by atoms with Gasteiger partial charge in [-0.3, -0.25) is 4.79 Å². The van der Waals surface area contributed by atoms with Crippen molar-refractivity contribution in [2.45, 2.75) is 31.4 Å². The maximum absolute atomic E-state index is 12.7. The zero-order chi connectivity index (χ0) is 17.1. The van der Waals surface area contributed by atoms with E-state index in [4.69, 9.17) is 9.47 Å². The van der Waals surface area contributed by atoms with Crippen molar-refractivity contribution >= 4 is 17.2 Å². The summed E-state index contributed by atoms with van der Waals surface area (Å²) in [7, 11) is 0. The summed E-state index contributed by atoms with van der Waals surface area (Å²) in [5.74, 6) is 1.26. The SMILES string of the molecule is O=C(Cc1ccsc1)N1CCO[C@@H]2C[C@@H](COc3ccccn3)C[C@@H]21. The Balaban J connectivity index is 1.35. The third kappa shape index (κ3) is 3.85. The predicted molar refractivity (Wildman–Crippen MR) is 95.7 cm³/mol. The summed E-state index contributed by atoms with van der Waals surface area (Å²) < 4.78 is 11.7. The molecule has 0 spiro atoms. The number of nitrogens with zero attached hydrogens (tertiary/aromatic N) is 2. The van der Waals surface area contributed by atoms with Gasteiger partial charge in [-0.25, -0.2) is 4.98 Å². The van der Waals surface area contributed by atoms with Gasteiger partial charge in [0.2, 0.25) is 11.8 Å². The van der Waals surface area contributed by atoms with Crippen LogP contribution in [-0.4, -0.2) is 47.7 Å². The van der Waals surface area contributed by atoms with Gasteiger partial charge in [-0.05, 0) is 47.2 Å². The van der Waals surface area contributed by atoms with Crippen LogP contribution in [0, 0.1) is 5.92 Å². The molecule has 5 nitrogen and oxygen atoms in total. The van der Waals surface area contributed by atoms with Gasteiger partial charge in [-0.1, -0.05) is 6.07 Å². The fourth-order valence-electron chi connectivity index (χ4n) is 3.80. The molecule has 0 bridgehead atoms. The van der Waals surface area contributed by atoms with Crippen LogP contribution in [0.5, 0.6) is 5.88 Å². The number of amides is 1. The summed E-state index contributed by atoms with van der Waals surface area (Å²) in [6, 6.07) is 7.87. The lowest BCUT2D eigenvalue weighted by Gasteiger charge is -2.37. The Morgan fingerprint density at radius 2 is 2.32 bits per heavy atom. The maximum Gasteiger partial charge on any atom is 0.227 e. The minimum Gasteiger partial charge on any atom is -0.477 e. The van der Waals surface area contributed by atoms with Crippen molar-refractivity contribution < 1.29 is 14.3 Å². The van der Waals surface area contributed by atoms with E-state index in [9.17, 15) is 4.79 Å². The van der Waals surface area contributed by atoms with Crippen molar-refractivity contribution in [1.82, 2.24) is 9.88 Å². The molecule has 25 heavy (non-hydrogen) atoms. The molecule has 1 saturated carbocycles. The first-order chi connectivity index (χ1) is 12.3. The molecule has 1 amide bonds. The highest BCUT2D eigenvalue weighted by Crippen LogP contribution is 2.35. The van der Waals surface area contributed by atoms with Crippen LogP contribution in [0.1, 0.15) is 18.4 Å². The van der Waals surface area contributed by atoms with E-state index in [-0.39, 0.29) is 18.1 Å². The van der Waals surface area contributed by atoms with E-state index in [2.05, 4.69) is 4.98 Å². The molecule has 1 saturated heterocycles. The third-order valence-corrected chi connectivity index (χ3v) is 5.73. The van der Waals surface area contributed by atoms with Gasteiger partial charge in [-0.2, -0.15) is 11.3 Å². The lowest BCUT2D eigenvalue weighted by atomic mass is 10.1. The molecule has 1 aliphatic carbocycles. The number of hydrogen-bond acceptors (Lipinski definition) is 5. The smallest absolute Gasteiger partial charge is 0.227 e. The van der Waals surface area contributed by atoms with Crippen LogP contribution in [0.15, 0.2) is 41.2 Å². The van der Waals surface area contributed by atoms with Crippen molar-refractivity contribution in [3.8, 4) is 5.88 Å². The molecule has 4 rings (SSSR count). The third-order valence-electron chi connectivity index (χ3n) is 4.99. The molecular weight excluding hydrogens is 336 g/mol. The highest BCUT2D eigenvalue weighted by Gasteiger charge is 2.42. The second-order valence-corrected chi connectivity index (χ2v) is 7.47. The standard InChI is InChI=1S/C19H22N2O3S/c22-19(11-14-4-8-25-13-14)21-6-7-23-17-10-15(9-16(17)21)12-24-18-3-1-2-5-20-18/h1-5,8,13,15-17H,6-7,9-12H2/t15-,16-,17+/m0/s1. The van der Waals surface area contributed by atoms with Crippen LogP contribution in [-0.2, 0) is 16.0 Å². The second kappa shape index (κ2) is 7.54. The van der Waals surface area contributed by atoms with Crippen molar-refractivity contribution in [2.75, 3.05) is 19.8 Å². The molecule has 2 aromatic rings. The van der Waals surface area contributed by atoms with Crippen LogP contribution >= 0.6 is 11.3 Å². The van der Waals surface area contributed by atoms with Crippen molar-refractivity contribution in [3.05, 3.63) is 46.8 Å². The number of morpholine rings is 1. The number of aromatic nitrogens is 1. The summed E-state index contributed by atoms with van der Waals surface area (Å²) in [5.41, 5.74) is 1.10. The van der Waals surface area contributed by atoms with Crippen LogP contribution in [0.3, 0.4) is 0 Å². The van der Waals surface area contributed by atoms with Crippen molar-refractivity contribution in [3.63, 3.8) is 0 Å². The minimum atomic E-state index is 0.137. The maximum atomic E-state index is 12.7.